The van der Waals surface area contributed by atoms with Crippen molar-refractivity contribution in [2.24, 2.45) is 0 Å². The molecule has 4 nitrogen and oxygen atoms in total. The number of fused-ring (bicyclic) bond motifs is 1. The number of thiophene rings is 1. The Labute approximate surface area is 126 Å². The van der Waals surface area contributed by atoms with Crippen LogP contribution in [0.5, 0.6) is 0 Å². The Morgan fingerprint density at radius 2 is 2.30 bits per heavy atom. The molecule has 0 aliphatic heterocycles. The fourth-order valence-electron chi connectivity index (χ4n) is 1.95. The monoisotopic (exact) mass is 310 g/mol. The van der Waals surface area contributed by atoms with E-state index >= 15 is 0 Å². The van der Waals surface area contributed by atoms with Crippen LogP contribution in [0.4, 0.5) is 5.69 Å². The first kappa shape index (κ1) is 14.8. The predicted molar refractivity (Wildman–Crippen MR) is 84.4 cm³/mol. The van der Waals surface area contributed by atoms with E-state index in [1.165, 1.54) is 16.2 Å². The highest BCUT2D eigenvalue weighted by Crippen LogP contribution is 2.35. The summed E-state index contributed by atoms with van der Waals surface area (Å²) in [5.74, 6) is -0.200. The highest BCUT2D eigenvalue weighted by molar-refractivity contribution is 7.21. The van der Waals surface area contributed by atoms with Gasteiger partial charge in [0.1, 0.15) is 4.88 Å². The number of nitrogens with zero attached hydrogens (tertiary/aromatic N) is 1. The maximum absolute atomic E-state index is 12.5. The van der Waals surface area contributed by atoms with E-state index in [-0.39, 0.29) is 19.1 Å². The minimum absolute atomic E-state index is 0.101. The Bertz CT molecular complexity index is 654. The van der Waals surface area contributed by atoms with Gasteiger partial charge in [-0.05, 0) is 18.2 Å². The molecule has 0 aliphatic rings. The lowest BCUT2D eigenvalue weighted by molar-refractivity contribution is 0.0748. The van der Waals surface area contributed by atoms with Gasteiger partial charge in [0.25, 0.3) is 5.91 Å². The van der Waals surface area contributed by atoms with Gasteiger partial charge in [-0.3, -0.25) is 4.79 Å². The first-order chi connectivity index (χ1) is 9.58. The molecule has 20 heavy (non-hydrogen) atoms. The van der Waals surface area contributed by atoms with Crippen molar-refractivity contribution in [2.45, 2.75) is 0 Å². The van der Waals surface area contributed by atoms with Crippen LogP contribution in [0.1, 0.15) is 9.67 Å². The number of amides is 1. The topological polar surface area (TPSA) is 66.6 Å². The van der Waals surface area contributed by atoms with Crippen LogP contribution < -0.4 is 5.73 Å². The number of aliphatic hydroxyl groups is 1. The molecule has 1 aromatic carbocycles. The molecule has 0 fully saturated rings. The molecule has 1 heterocycles. The van der Waals surface area contributed by atoms with Crippen LogP contribution in [0.2, 0.25) is 5.02 Å². The zero-order valence-corrected chi connectivity index (χ0v) is 12.4. The summed E-state index contributed by atoms with van der Waals surface area (Å²) >= 11 is 7.26. The van der Waals surface area contributed by atoms with Gasteiger partial charge in [0, 0.05) is 28.2 Å². The van der Waals surface area contributed by atoms with Crippen LogP contribution >= 0.6 is 22.9 Å². The number of hydrogen-bond donors (Lipinski definition) is 2. The Morgan fingerprint density at radius 1 is 1.55 bits per heavy atom. The molecule has 6 heteroatoms. The number of aliphatic hydroxyl groups excluding tert-OH is 1. The second-order valence-electron chi connectivity index (χ2n) is 4.25. The van der Waals surface area contributed by atoms with Crippen LogP contribution in [-0.2, 0) is 0 Å². The SMILES string of the molecule is C=CCN(CCO)C(=O)c1sc2cc(Cl)ccc2c1N. The average molecular weight is 311 g/mol. The Balaban J connectivity index is 2.43. The zero-order chi connectivity index (χ0) is 14.7. The fraction of sp³-hybridized carbons (Fsp3) is 0.214. The highest BCUT2D eigenvalue weighted by atomic mass is 35.5. The third-order valence-electron chi connectivity index (χ3n) is 2.89. The van der Waals surface area contributed by atoms with Crippen LogP contribution in [0.25, 0.3) is 10.1 Å². The van der Waals surface area contributed by atoms with Gasteiger partial charge in [0.05, 0.1) is 12.3 Å². The molecule has 0 saturated heterocycles. The molecule has 2 aromatic rings. The molecule has 3 N–H and O–H groups in total. The van der Waals surface area contributed by atoms with E-state index in [2.05, 4.69) is 6.58 Å². The third kappa shape index (κ3) is 2.80. The maximum atomic E-state index is 12.5. The molecule has 0 saturated carbocycles. The quantitative estimate of drug-likeness (QED) is 0.835. The van der Waals surface area contributed by atoms with Crippen molar-refractivity contribution >= 4 is 44.6 Å². The zero-order valence-electron chi connectivity index (χ0n) is 10.8. The second-order valence-corrected chi connectivity index (χ2v) is 5.74. The summed E-state index contributed by atoms with van der Waals surface area (Å²) in [6, 6.07) is 5.35. The number of nitrogens with two attached hydrogens (primary N) is 1. The molecule has 0 unspecified atom stereocenters. The van der Waals surface area contributed by atoms with E-state index in [4.69, 9.17) is 22.4 Å². The Hall–Kier alpha value is -1.56. The smallest absolute Gasteiger partial charge is 0.266 e. The van der Waals surface area contributed by atoms with Gasteiger partial charge in [-0.15, -0.1) is 17.9 Å². The summed E-state index contributed by atoms with van der Waals surface area (Å²) in [6.07, 6.45) is 1.62. The van der Waals surface area contributed by atoms with Crippen molar-refractivity contribution in [1.29, 1.82) is 0 Å². The number of carbonyl (C=O) groups excluding carboxylic acids is 1. The lowest BCUT2D eigenvalue weighted by atomic mass is 10.2. The molecule has 2 rings (SSSR count). The van der Waals surface area contributed by atoms with Gasteiger partial charge < -0.3 is 15.7 Å². The van der Waals surface area contributed by atoms with Crippen molar-refractivity contribution in [2.75, 3.05) is 25.4 Å². The first-order valence-corrected chi connectivity index (χ1v) is 7.26. The number of benzene rings is 1. The molecule has 0 atom stereocenters. The largest absolute Gasteiger partial charge is 0.397 e. The van der Waals surface area contributed by atoms with E-state index in [1.54, 1.807) is 18.2 Å². The summed E-state index contributed by atoms with van der Waals surface area (Å²) in [5.41, 5.74) is 6.51. The predicted octanol–water partition coefficient (Wildman–Crippen LogP) is 2.76. The van der Waals surface area contributed by atoms with Crippen molar-refractivity contribution in [3.05, 3.63) is 40.8 Å². The van der Waals surface area contributed by atoms with Gasteiger partial charge in [0.15, 0.2) is 0 Å². The average Bonchev–Trinajstić information content (AvgIpc) is 2.74. The van der Waals surface area contributed by atoms with Crippen molar-refractivity contribution < 1.29 is 9.90 Å². The number of nitrogen functional groups attached to an aromatic ring is 1. The van der Waals surface area contributed by atoms with E-state index in [0.29, 0.717) is 22.1 Å². The summed E-state index contributed by atoms with van der Waals surface area (Å²) in [5, 5.41) is 10.5. The Kier molecular flexibility index (Phi) is 4.65. The highest BCUT2D eigenvalue weighted by Gasteiger charge is 2.21. The summed E-state index contributed by atoms with van der Waals surface area (Å²) < 4.78 is 0.876. The Morgan fingerprint density at radius 3 is 2.95 bits per heavy atom. The van der Waals surface area contributed by atoms with Crippen molar-refractivity contribution in [3.8, 4) is 0 Å². The van der Waals surface area contributed by atoms with Gasteiger partial charge in [0.2, 0.25) is 0 Å². The van der Waals surface area contributed by atoms with Gasteiger partial charge in [-0.1, -0.05) is 17.7 Å². The molecule has 0 spiro atoms. The molecule has 0 radical (unpaired) electrons. The van der Waals surface area contributed by atoms with Crippen LogP contribution in [-0.4, -0.2) is 35.6 Å². The lowest BCUT2D eigenvalue weighted by Crippen LogP contribution is -2.33. The molecule has 1 aromatic heterocycles. The second kappa shape index (κ2) is 6.26. The number of hydrogen-bond acceptors (Lipinski definition) is 4. The molecular weight excluding hydrogens is 296 g/mol. The number of carbonyl (C=O) groups is 1. The van der Waals surface area contributed by atoms with Crippen LogP contribution in [0.15, 0.2) is 30.9 Å². The third-order valence-corrected chi connectivity index (χ3v) is 4.28. The first-order valence-electron chi connectivity index (χ1n) is 6.07. The summed E-state index contributed by atoms with van der Waals surface area (Å²) in [6.45, 7) is 4.13. The lowest BCUT2D eigenvalue weighted by Gasteiger charge is -2.19. The molecule has 1 amide bonds. The van der Waals surface area contributed by atoms with Gasteiger partial charge in [-0.2, -0.15) is 0 Å². The molecule has 106 valence electrons. The van der Waals surface area contributed by atoms with Gasteiger partial charge in [-0.25, -0.2) is 0 Å². The number of rotatable bonds is 5. The van der Waals surface area contributed by atoms with Gasteiger partial charge >= 0.3 is 0 Å². The summed E-state index contributed by atoms with van der Waals surface area (Å²) in [4.78, 5) is 14.4. The van der Waals surface area contributed by atoms with E-state index in [0.717, 1.165) is 10.1 Å². The number of anilines is 1. The molecule has 0 aliphatic carbocycles. The minimum Gasteiger partial charge on any atom is -0.397 e. The van der Waals surface area contributed by atoms with Crippen molar-refractivity contribution in [3.63, 3.8) is 0 Å². The normalized spacial score (nSPS) is 10.7. The summed E-state index contributed by atoms with van der Waals surface area (Å²) in [7, 11) is 0. The van der Waals surface area contributed by atoms with E-state index in [9.17, 15) is 4.79 Å². The molecular formula is C14H15ClN2O2S. The standard InChI is InChI=1S/C14H15ClN2O2S/c1-2-5-17(6-7-18)14(19)13-12(16)10-4-3-9(15)8-11(10)20-13/h2-4,8,18H,1,5-7,16H2. The van der Waals surface area contributed by atoms with E-state index in [1.807, 2.05) is 6.07 Å². The molecule has 0 bridgehead atoms. The minimum atomic E-state index is -0.200. The maximum Gasteiger partial charge on any atom is 0.266 e. The van der Waals surface area contributed by atoms with Crippen molar-refractivity contribution in [1.82, 2.24) is 4.90 Å². The van der Waals surface area contributed by atoms with E-state index < -0.39 is 0 Å². The number of halogens is 1. The van der Waals surface area contributed by atoms with Crippen LogP contribution in [0.3, 0.4) is 0 Å². The fourth-order valence-corrected chi connectivity index (χ4v) is 3.31. The van der Waals surface area contributed by atoms with Crippen LogP contribution in [0, 0.1) is 0 Å².